The molecular formula is C47H52FNO6. The van der Waals surface area contributed by atoms with E-state index in [1.54, 1.807) is 12.2 Å². The molecule has 4 aliphatic carbocycles. The highest BCUT2D eigenvalue weighted by Crippen LogP contribution is 2.72. The minimum absolute atomic E-state index is 0.0161. The lowest BCUT2D eigenvalue weighted by molar-refractivity contribution is -0.237. The summed E-state index contributed by atoms with van der Waals surface area (Å²) in [4.78, 5) is 30.4. The number of likely N-dealkylation sites (tertiary alicyclic amines) is 1. The van der Waals surface area contributed by atoms with Crippen molar-refractivity contribution in [3.63, 3.8) is 0 Å². The zero-order chi connectivity index (χ0) is 38.2. The average molecular weight is 746 g/mol. The van der Waals surface area contributed by atoms with Crippen molar-refractivity contribution in [1.29, 1.82) is 0 Å². The van der Waals surface area contributed by atoms with E-state index in [4.69, 9.17) is 14.2 Å². The number of ketones is 2. The molecular weight excluding hydrogens is 694 g/mol. The van der Waals surface area contributed by atoms with E-state index >= 15 is 9.18 Å². The van der Waals surface area contributed by atoms with Gasteiger partial charge < -0.3 is 24.2 Å². The predicted molar refractivity (Wildman–Crippen MR) is 207 cm³/mol. The number of aliphatic hydroxyl groups is 1. The van der Waals surface area contributed by atoms with Crippen LogP contribution in [0.4, 0.5) is 4.39 Å². The summed E-state index contributed by atoms with van der Waals surface area (Å²) < 4.78 is 39.5. The Bertz CT molecular complexity index is 1900. The average Bonchev–Trinajstić information content (AvgIpc) is 3.70. The van der Waals surface area contributed by atoms with E-state index in [0.717, 1.165) is 48.2 Å². The molecule has 0 spiro atoms. The number of halogens is 1. The van der Waals surface area contributed by atoms with Crippen LogP contribution in [0, 0.1) is 28.6 Å². The molecule has 1 unspecified atom stereocenters. The highest BCUT2D eigenvalue weighted by atomic mass is 19.1. The highest BCUT2D eigenvalue weighted by Gasteiger charge is 2.79. The van der Waals surface area contributed by atoms with Gasteiger partial charge in [-0.15, -0.1) is 0 Å². The number of carbonyl (C=O) groups is 2. The van der Waals surface area contributed by atoms with Gasteiger partial charge >= 0.3 is 0 Å². The first-order valence-corrected chi connectivity index (χ1v) is 20.1. The minimum Gasteiger partial charge on any atom is -0.390 e. The fraction of sp³-hybridized carbons (Fsp3) is 0.489. The van der Waals surface area contributed by atoms with Gasteiger partial charge in [-0.1, -0.05) is 110 Å². The molecule has 3 aromatic rings. The maximum atomic E-state index is 18.2. The molecule has 6 aliphatic rings. The van der Waals surface area contributed by atoms with Crippen LogP contribution >= 0.6 is 0 Å². The number of nitrogens with zero attached hydrogens (tertiary/aromatic N) is 1. The lowest BCUT2D eigenvalue weighted by Crippen LogP contribution is -2.70. The van der Waals surface area contributed by atoms with Gasteiger partial charge in [0.15, 0.2) is 29.1 Å². The van der Waals surface area contributed by atoms with Crippen LogP contribution in [0.3, 0.4) is 0 Å². The molecule has 0 radical (unpaired) electrons. The molecule has 5 fully saturated rings. The summed E-state index contributed by atoms with van der Waals surface area (Å²) >= 11 is 0. The third-order valence-electron chi connectivity index (χ3n) is 14.9. The maximum absolute atomic E-state index is 18.2. The Morgan fingerprint density at radius 2 is 1.49 bits per heavy atom. The second-order valence-electron chi connectivity index (χ2n) is 17.5. The Hall–Kier alpha value is -3.79. The summed E-state index contributed by atoms with van der Waals surface area (Å²) in [6, 6.07) is 30.0. The Labute approximate surface area is 323 Å². The summed E-state index contributed by atoms with van der Waals surface area (Å²) in [5, 5.41) is 12.2. The maximum Gasteiger partial charge on any atom is 0.193 e. The smallest absolute Gasteiger partial charge is 0.193 e. The number of carbonyl (C=O) groups excluding carboxylic acids is 2. The largest absolute Gasteiger partial charge is 0.390 e. The standard InChI is InChI=1S/C47H52FNO6/c1-43-24-21-36(50)27-35(43)19-20-37-38-28-41-47(44(38,2)29-39(51)46(37,43)48,55-42(54-41)31-22-25-49(3)26-23-31)40(52)30-53-45(32-13-7-4-8-14-32,33-15-9-5-10-16-33)34-17-11-6-12-18-34/h4-18,21,24,27,31,37-39,41-42,51H,19-20,22-23,25-26,28-30H2,1-3H3/t37-,38-,39-,41+,42?,43-,44-,46-,47+/m0/s1. The normalized spacial score (nSPS) is 37.4. The fourth-order valence-corrected chi connectivity index (χ4v) is 12.0. The summed E-state index contributed by atoms with van der Waals surface area (Å²) in [6.07, 6.45) is 5.26. The van der Waals surface area contributed by atoms with Crippen LogP contribution in [0.2, 0.25) is 0 Å². The number of benzene rings is 3. The summed E-state index contributed by atoms with van der Waals surface area (Å²) in [5.74, 6) is -1.19. The second-order valence-corrected chi connectivity index (χ2v) is 17.5. The fourth-order valence-electron chi connectivity index (χ4n) is 12.0. The molecule has 8 heteroatoms. The number of Topliss-reactive ketones (excluding diaryl/α,β-unsaturated/α-hetero) is 1. The van der Waals surface area contributed by atoms with Gasteiger partial charge in [0, 0.05) is 22.7 Å². The molecule has 55 heavy (non-hydrogen) atoms. The topological polar surface area (TPSA) is 85.3 Å². The number of aliphatic hydroxyl groups excluding tert-OH is 1. The van der Waals surface area contributed by atoms with Gasteiger partial charge in [-0.3, -0.25) is 9.59 Å². The molecule has 2 heterocycles. The van der Waals surface area contributed by atoms with Crippen LogP contribution < -0.4 is 0 Å². The molecule has 0 aromatic heterocycles. The molecule has 2 aliphatic heterocycles. The molecule has 9 rings (SSSR count). The van der Waals surface area contributed by atoms with Gasteiger partial charge in [0.05, 0.1) is 12.2 Å². The SMILES string of the molecule is CN1CCC(C2O[C@@H]3C[C@H]4[C@@H]5CCC6=CC(=O)C=C[C@]6(C)[C@@]5(F)[C@@H](O)C[C@]4(C)[C@]3(C(=O)COC(c3ccccc3)(c3ccccc3)c3ccccc3)O2)CC1. The van der Waals surface area contributed by atoms with Gasteiger partial charge in [-0.25, -0.2) is 4.39 Å². The zero-order valence-corrected chi connectivity index (χ0v) is 32.0. The third kappa shape index (κ3) is 5.24. The molecule has 288 valence electrons. The van der Waals surface area contributed by atoms with E-state index in [0.29, 0.717) is 19.3 Å². The van der Waals surface area contributed by atoms with Crippen molar-refractivity contribution in [2.24, 2.45) is 28.6 Å². The van der Waals surface area contributed by atoms with Crippen molar-refractivity contribution >= 4 is 11.6 Å². The Morgan fingerprint density at radius 3 is 2.07 bits per heavy atom. The number of ether oxygens (including phenoxy) is 3. The van der Waals surface area contributed by atoms with Crippen molar-refractivity contribution in [3.8, 4) is 0 Å². The van der Waals surface area contributed by atoms with Crippen LogP contribution in [0.25, 0.3) is 0 Å². The molecule has 0 bridgehead atoms. The Kier molecular flexibility index (Phi) is 8.98. The van der Waals surface area contributed by atoms with Crippen LogP contribution in [0.1, 0.15) is 69.1 Å². The lowest BCUT2D eigenvalue weighted by atomic mass is 9.44. The van der Waals surface area contributed by atoms with Crippen LogP contribution in [0.15, 0.2) is 115 Å². The highest BCUT2D eigenvalue weighted by molar-refractivity contribution is 6.01. The monoisotopic (exact) mass is 745 g/mol. The number of hydrogen-bond acceptors (Lipinski definition) is 7. The van der Waals surface area contributed by atoms with Crippen molar-refractivity contribution in [2.75, 3.05) is 26.7 Å². The number of allylic oxidation sites excluding steroid dienone is 4. The minimum atomic E-state index is -2.03. The third-order valence-corrected chi connectivity index (χ3v) is 14.9. The molecule has 9 atom stereocenters. The number of fused-ring (bicyclic) bond motifs is 7. The second kappa shape index (κ2) is 13.4. The quantitative estimate of drug-likeness (QED) is 0.241. The molecule has 2 saturated heterocycles. The van der Waals surface area contributed by atoms with Gasteiger partial charge in [-0.05, 0) is 100 Å². The van der Waals surface area contributed by atoms with Crippen LogP contribution in [-0.2, 0) is 29.4 Å². The predicted octanol–water partition coefficient (Wildman–Crippen LogP) is 7.37. The molecule has 7 nitrogen and oxygen atoms in total. The molecule has 3 aromatic carbocycles. The first-order chi connectivity index (χ1) is 26.5. The van der Waals surface area contributed by atoms with Crippen molar-refractivity contribution in [1.82, 2.24) is 4.90 Å². The van der Waals surface area contributed by atoms with Crippen LogP contribution in [-0.4, -0.2) is 78.1 Å². The van der Waals surface area contributed by atoms with Gasteiger partial charge in [0.1, 0.15) is 12.2 Å². The Morgan fingerprint density at radius 1 is 0.909 bits per heavy atom. The number of rotatable bonds is 8. The molecule has 3 saturated carbocycles. The van der Waals surface area contributed by atoms with Gasteiger partial charge in [-0.2, -0.15) is 0 Å². The van der Waals surface area contributed by atoms with Gasteiger partial charge in [0.2, 0.25) is 0 Å². The Balaban J connectivity index is 1.13. The number of piperidine rings is 1. The lowest BCUT2D eigenvalue weighted by Gasteiger charge is -2.62. The van der Waals surface area contributed by atoms with Crippen molar-refractivity contribution in [3.05, 3.63) is 131 Å². The van der Waals surface area contributed by atoms with E-state index in [1.165, 1.54) is 6.08 Å². The zero-order valence-electron chi connectivity index (χ0n) is 32.0. The van der Waals surface area contributed by atoms with E-state index in [-0.39, 0.29) is 36.4 Å². The van der Waals surface area contributed by atoms with E-state index < -0.39 is 52.1 Å². The van der Waals surface area contributed by atoms with E-state index in [9.17, 15) is 9.90 Å². The van der Waals surface area contributed by atoms with Crippen LogP contribution in [0.5, 0.6) is 0 Å². The summed E-state index contributed by atoms with van der Waals surface area (Å²) in [5.41, 5.74) is -3.37. The van der Waals surface area contributed by atoms with E-state index in [1.807, 2.05) is 105 Å². The van der Waals surface area contributed by atoms with Crippen molar-refractivity contribution in [2.45, 2.75) is 87.7 Å². The first-order valence-electron chi connectivity index (χ1n) is 20.1. The van der Waals surface area contributed by atoms with Crippen molar-refractivity contribution < 1.29 is 33.3 Å². The number of alkyl halides is 1. The molecule has 0 amide bonds. The van der Waals surface area contributed by atoms with E-state index in [2.05, 4.69) is 11.9 Å². The van der Waals surface area contributed by atoms with Gasteiger partial charge in [0.25, 0.3) is 0 Å². The molecule has 1 N–H and O–H groups in total. The number of hydrogen-bond donors (Lipinski definition) is 1. The summed E-state index contributed by atoms with van der Waals surface area (Å²) in [7, 11) is 2.11. The summed E-state index contributed by atoms with van der Waals surface area (Å²) in [6.45, 7) is 5.38. The first kappa shape index (κ1) is 36.8.